The van der Waals surface area contributed by atoms with Crippen molar-refractivity contribution in [2.45, 2.75) is 45.8 Å². The Balaban J connectivity index is 1.57. The van der Waals surface area contributed by atoms with Gasteiger partial charge in [0.25, 0.3) is 0 Å². The van der Waals surface area contributed by atoms with Crippen LogP contribution >= 0.6 is 12.2 Å². The summed E-state index contributed by atoms with van der Waals surface area (Å²) in [5, 5.41) is 7.88. The number of para-hydroxylation sites is 1. The third-order valence-corrected chi connectivity index (χ3v) is 6.48. The molecule has 1 saturated heterocycles. The van der Waals surface area contributed by atoms with Gasteiger partial charge < -0.3 is 20.1 Å². The van der Waals surface area contributed by atoms with Gasteiger partial charge in [0, 0.05) is 42.9 Å². The summed E-state index contributed by atoms with van der Waals surface area (Å²) in [5.74, 6) is 0. The van der Waals surface area contributed by atoms with Gasteiger partial charge in [-0.1, -0.05) is 24.3 Å². The highest BCUT2D eigenvalue weighted by molar-refractivity contribution is 7.80. The van der Waals surface area contributed by atoms with Gasteiger partial charge in [-0.05, 0) is 75.3 Å². The highest BCUT2D eigenvalue weighted by Gasteiger charge is 2.40. The molecule has 31 heavy (non-hydrogen) atoms. The Morgan fingerprint density at radius 3 is 2.55 bits per heavy atom. The second-order valence-corrected chi connectivity index (χ2v) is 8.42. The van der Waals surface area contributed by atoms with Crippen LogP contribution in [0.2, 0.25) is 0 Å². The lowest BCUT2D eigenvalue weighted by atomic mass is 9.96. The van der Waals surface area contributed by atoms with Gasteiger partial charge in [-0.3, -0.25) is 4.98 Å². The predicted octanol–water partition coefficient (Wildman–Crippen LogP) is 4.99. The standard InChI is InChI=1S/C25H31N5S/c1-4-29-18(2)17-21(19(29)3)24-23(22-13-8-9-14-27-22)28-25(31)30(24)16-10-15-26-20-11-6-5-7-12-20/h5-9,11-14,17,23-24,26H,4,10,15-16H2,1-3H3,(H,28,31)/t23-,24-/m0/s1. The largest absolute Gasteiger partial charge is 0.385 e. The third-order valence-electron chi connectivity index (χ3n) is 6.12. The second-order valence-electron chi connectivity index (χ2n) is 8.04. The monoisotopic (exact) mass is 433 g/mol. The number of rotatable bonds is 8. The Bertz CT molecular complexity index is 1020. The van der Waals surface area contributed by atoms with Crippen LogP contribution in [-0.4, -0.2) is 32.7 Å². The van der Waals surface area contributed by atoms with Gasteiger partial charge in [-0.15, -0.1) is 0 Å². The van der Waals surface area contributed by atoms with Gasteiger partial charge in [-0.25, -0.2) is 0 Å². The van der Waals surface area contributed by atoms with Gasteiger partial charge in [0.05, 0.1) is 17.8 Å². The molecule has 0 aliphatic carbocycles. The Morgan fingerprint density at radius 1 is 1.10 bits per heavy atom. The first-order valence-corrected chi connectivity index (χ1v) is 11.4. The van der Waals surface area contributed by atoms with E-state index in [4.69, 9.17) is 12.2 Å². The Kier molecular flexibility index (Phi) is 6.56. The van der Waals surface area contributed by atoms with Crippen LogP contribution in [0.3, 0.4) is 0 Å². The molecule has 4 rings (SSSR count). The molecular weight excluding hydrogens is 402 g/mol. The van der Waals surface area contributed by atoms with Crippen molar-refractivity contribution in [3.05, 3.63) is 83.4 Å². The molecule has 6 heteroatoms. The van der Waals surface area contributed by atoms with E-state index in [2.05, 4.69) is 82.3 Å². The fourth-order valence-corrected chi connectivity index (χ4v) is 4.97. The predicted molar refractivity (Wildman–Crippen MR) is 131 cm³/mol. The van der Waals surface area contributed by atoms with Crippen LogP contribution in [0.25, 0.3) is 0 Å². The zero-order chi connectivity index (χ0) is 21.8. The lowest BCUT2D eigenvalue weighted by Gasteiger charge is -2.28. The first-order chi connectivity index (χ1) is 15.1. The second kappa shape index (κ2) is 9.52. The zero-order valence-electron chi connectivity index (χ0n) is 18.5. The van der Waals surface area contributed by atoms with Crippen LogP contribution < -0.4 is 10.6 Å². The van der Waals surface area contributed by atoms with Crippen LogP contribution in [0.15, 0.2) is 60.8 Å². The summed E-state index contributed by atoms with van der Waals surface area (Å²) >= 11 is 5.81. The normalized spacial score (nSPS) is 18.3. The molecule has 0 saturated carbocycles. The molecule has 162 valence electrons. The van der Waals surface area contributed by atoms with E-state index in [1.54, 1.807) is 0 Å². The van der Waals surface area contributed by atoms with Gasteiger partial charge in [0.15, 0.2) is 5.11 Å². The molecular formula is C25H31N5S. The van der Waals surface area contributed by atoms with Crippen LogP contribution in [-0.2, 0) is 6.54 Å². The average Bonchev–Trinajstić information content (AvgIpc) is 3.27. The topological polar surface area (TPSA) is 45.1 Å². The molecule has 0 radical (unpaired) electrons. The number of benzene rings is 1. The molecule has 3 heterocycles. The fraction of sp³-hybridized carbons (Fsp3) is 0.360. The SMILES string of the molecule is CCn1c(C)cc([C@H]2[C@H](c3ccccn3)NC(=S)N2CCCNc2ccccc2)c1C. The van der Waals surface area contributed by atoms with Crippen molar-refractivity contribution in [3.8, 4) is 0 Å². The smallest absolute Gasteiger partial charge is 0.170 e. The minimum Gasteiger partial charge on any atom is -0.385 e. The minimum atomic E-state index is 0.0431. The highest BCUT2D eigenvalue weighted by atomic mass is 32.1. The van der Waals surface area contributed by atoms with Crippen LogP contribution in [0.5, 0.6) is 0 Å². The van der Waals surface area contributed by atoms with Gasteiger partial charge >= 0.3 is 0 Å². The Hall–Kier alpha value is -2.86. The molecule has 1 fully saturated rings. The van der Waals surface area contributed by atoms with E-state index >= 15 is 0 Å². The molecule has 0 unspecified atom stereocenters. The first kappa shape index (κ1) is 21.4. The number of pyridine rings is 1. The van der Waals surface area contributed by atoms with Crippen molar-refractivity contribution in [1.29, 1.82) is 0 Å². The number of hydrogen-bond acceptors (Lipinski definition) is 3. The van der Waals surface area contributed by atoms with Crippen LogP contribution in [0.4, 0.5) is 5.69 Å². The summed E-state index contributed by atoms with van der Waals surface area (Å²) < 4.78 is 2.38. The number of nitrogens with one attached hydrogen (secondary N) is 2. The molecule has 0 spiro atoms. The summed E-state index contributed by atoms with van der Waals surface area (Å²) in [6, 6.07) is 18.9. The maximum absolute atomic E-state index is 5.81. The van der Waals surface area contributed by atoms with Crippen molar-refractivity contribution in [2.75, 3.05) is 18.4 Å². The summed E-state index contributed by atoms with van der Waals surface area (Å²) in [6.45, 7) is 9.36. The van der Waals surface area contributed by atoms with E-state index in [9.17, 15) is 0 Å². The van der Waals surface area contributed by atoms with Crippen molar-refractivity contribution < 1.29 is 0 Å². The molecule has 1 aliphatic rings. The number of aryl methyl sites for hydroxylation is 1. The molecule has 0 amide bonds. The summed E-state index contributed by atoms with van der Waals surface area (Å²) in [6.07, 6.45) is 2.85. The lowest BCUT2D eigenvalue weighted by molar-refractivity contribution is 0.315. The number of nitrogens with zero attached hydrogens (tertiary/aromatic N) is 3. The first-order valence-electron chi connectivity index (χ1n) is 11.0. The van der Waals surface area contributed by atoms with E-state index in [1.807, 2.05) is 24.4 Å². The van der Waals surface area contributed by atoms with Crippen LogP contribution in [0, 0.1) is 13.8 Å². The van der Waals surface area contributed by atoms with Crippen molar-refractivity contribution >= 4 is 23.0 Å². The zero-order valence-corrected chi connectivity index (χ0v) is 19.3. The van der Waals surface area contributed by atoms with Gasteiger partial charge in [0.2, 0.25) is 0 Å². The summed E-state index contributed by atoms with van der Waals surface area (Å²) in [4.78, 5) is 7.00. The molecule has 1 aromatic carbocycles. The van der Waals surface area contributed by atoms with Gasteiger partial charge in [0.1, 0.15) is 0 Å². The molecule has 2 atom stereocenters. The van der Waals surface area contributed by atoms with Crippen molar-refractivity contribution in [2.24, 2.45) is 0 Å². The summed E-state index contributed by atoms with van der Waals surface area (Å²) in [5.41, 5.74) is 6.11. The van der Waals surface area contributed by atoms with Crippen molar-refractivity contribution in [1.82, 2.24) is 19.8 Å². The molecule has 5 nitrogen and oxygen atoms in total. The highest BCUT2D eigenvalue weighted by Crippen LogP contribution is 2.40. The average molecular weight is 434 g/mol. The van der Waals surface area contributed by atoms with E-state index in [-0.39, 0.29) is 12.1 Å². The van der Waals surface area contributed by atoms with E-state index in [0.717, 1.165) is 42.5 Å². The third kappa shape index (κ3) is 4.44. The quantitative estimate of drug-likeness (QED) is 0.387. The molecule has 1 aliphatic heterocycles. The van der Waals surface area contributed by atoms with E-state index < -0.39 is 0 Å². The molecule has 2 N–H and O–H groups in total. The number of thiocarbonyl (C=S) groups is 1. The number of aromatic nitrogens is 2. The minimum absolute atomic E-state index is 0.0431. The maximum Gasteiger partial charge on any atom is 0.170 e. The van der Waals surface area contributed by atoms with Crippen LogP contribution in [0.1, 0.15) is 48.1 Å². The molecule has 0 bridgehead atoms. The maximum atomic E-state index is 5.81. The van der Waals surface area contributed by atoms with Crippen molar-refractivity contribution in [3.63, 3.8) is 0 Å². The fourth-order valence-electron chi connectivity index (χ4n) is 4.64. The lowest BCUT2D eigenvalue weighted by Crippen LogP contribution is -2.31. The molecule has 3 aromatic rings. The number of anilines is 1. The van der Waals surface area contributed by atoms with Gasteiger partial charge in [-0.2, -0.15) is 0 Å². The number of hydrogen-bond donors (Lipinski definition) is 2. The molecule has 2 aromatic heterocycles. The van der Waals surface area contributed by atoms with E-state index in [0.29, 0.717) is 0 Å². The summed E-state index contributed by atoms with van der Waals surface area (Å²) in [7, 11) is 0. The Morgan fingerprint density at radius 2 is 1.87 bits per heavy atom. The Labute approximate surface area is 190 Å². The van der Waals surface area contributed by atoms with E-state index in [1.165, 1.54) is 17.0 Å².